The molecule has 7 heteroatoms. The lowest BCUT2D eigenvalue weighted by molar-refractivity contribution is 0.599. The predicted molar refractivity (Wildman–Crippen MR) is 91.4 cm³/mol. The summed E-state index contributed by atoms with van der Waals surface area (Å²) < 4.78 is 28.7. The van der Waals surface area contributed by atoms with Crippen molar-refractivity contribution in [3.63, 3.8) is 0 Å². The van der Waals surface area contributed by atoms with E-state index in [0.717, 1.165) is 21.5 Å². The maximum Gasteiger partial charge on any atom is 0.263 e. The molecule has 1 heterocycles. The number of anilines is 1. The van der Waals surface area contributed by atoms with Crippen LogP contribution >= 0.6 is 27.3 Å². The lowest BCUT2D eigenvalue weighted by Crippen LogP contribution is -2.18. The molecule has 4 nitrogen and oxygen atoms in total. The molecule has 21 heavy (non-hydrogen) atoms. The van der Waals surface area contributed by atoms with E-state index in [1.165, 1.54) is 11.3 Å². The van der Waals surface area contributed by atoms with Crippen LogP contribution in [0, 0.1) is 6.92 Å². The summed E-state index contributed by atoms with van der Waals surface area (Å²) in [5.41, 5.74) is 1.31. The van der Waals surface area contributed by atoms with Crippen molar-refractivity contribution in [1.82, 2.24) is 5.32 Å². The minimum Gasteiger partial charge on any atom is -0.312 e. The van der Waals surface area contributed by atoms with Crippen LogP contribution in [0.15, 0.2) is 39.0 Å². The van der Waals surface area contributed by atoms with Crippen molar-refractivity contribution in [2.75, 3.05) is 11.3 Å². The van der Waals surface area contributed by atoms with E-state index in [1.807, 2.05) is 25.3 Å². The van der Waals surface area contributed by atoms with Crippen LogP contribution in [0.1, 0.15) is 17.4 Å². The molecule has 1 aromatic heterocycles. The molecule has 114 valence electrons. The number of hydrogen-bond acceptors (Lipinski definition) is 4. The number of benzene rings is 1. The highest BCUT2D eigenvalue weighted by Crippen LogP contribution is 2.30. The first-order valence-electron chi connectivity index (χ1n) is 6.50. The third-order valence-corrected chi connectivity index (χ3v) is 6.43. The van der Waals surface area contributed by atoms with Gasteiger partial charge in [-0.15, -0.1) is 11.3 Å². The van der Waals surface area contributed by atoms with Gasteiger partial charge >= 0.3 is 0 Å². The van der Waals surface area contributed by atoms with E-state index in [9.17, 15) is 8.42 Å². The van der Waals surface area contributed by atoms with E-state index in [-0.39, 0.29) is 0 Å². The van der Waals surface area contributed by atoms with E-state index in [0.29, 0.717) is 17.1 Å². The number of halogens is 1. The fourth-order valence-electron chi connectivity index (χ4n) is 1.95. The van der Waals surface area contributed by atoms with E-state index < -0.39 is 10.0 Å². The van der Waals surface area contributed by atoms with Gasteiger partial charge in [0.1, 0.15) is 4.90 Å². The molecule has 0 aliphatic carbocycles. The number of hydrogen-bond donors (Lipinski definition) is 2. The Bertz CT molecular complexity index is 726. The first-order valence-corrected chi connectivity index (χ1v) is 9.66. The van der Waals surface area contributed by atoms with E-state index in [1.54, 1.807) is 18.2 Å². The second kappa shape index (κ2) is 6.91. The zero-order chi connectivity index (χ0) is 15.5. The molecule has 0 spiro atoms. The topological polar surface area (TPSA) is 58.2 Å². The largest absolute Gasteiger partial charge is 0.312 e. The Balaban J connectivity index is 2.36. The van der Waals surface area contributed by atoms with Crippen LogP contribution in [0.4, 0.5) is 5.69 Å². The Labute approximate surface area is 137 Å². The summed E-state index contributed by atoms with van der Waals surface area (Å²) in [7, 11) is -3.59. The van der Waals surface area contributed by atoms with Crippen molar-refractivity contribution in [3.05, 3.63) is 44.6 Å². The van der Waals surface area contributed by atoms with Crippen LogP contribution in [-0.2, 0) is 16.6 Å². The van der Waals surface area contributed by atoms with E-state index in [4.69, 9.17) is 0 Å². The highest BCUT2D eigenvalue weighted by atomic mass is 79.9. The Hall–Kier alpha value is -0.890. The van der Waals surface area contributed by atoms with Crippen molar-refractivity contribution < 1.29 is 8.42 Å². The molecular formula is C14H17BrN2O2S2. The van der Waals surface area contributed by atoms with Gasteiger partial charge in [-0.1, -0.05) is 19.1 Å². The highest BCUT2D eigenvalue weighted by molar-refractivity contribution is 9.10. The first-order chi connectivity index (χ1) is 9.95. The molecule has 0 amide bonds. The Morgan fingerprint density at radius 3 is 2.67 bits per heavy atom. The van der Waals surface area contributed by atoms with Gasteiger partial charge in [-0.2, -0.15) is 0 Å². The Morgan fingerprint density at radius 2 is 2.00 bits per heavy atom. The number of para-hydroxylation sites is 1. The van der Waals surface area contributed by atoms with Gasteiger partial charge in [0.05, 0.1) is 5.69 Å². The van der Waals surface area contributed by atoms with Crippen LogP contribution in [0.3, 0.4) is 0 Å². The van der Waals surface area contributed by atoms with Gasteiger partial charge in [-0.05, 0) is 52.5 Å². The lowest BCUT2D eigenvalue weighted by Gasteiger charge is -2.11. The summed E-state index contributed by atoms with van der Waals surface area (Å²) in [6, 6.07) is 7.17. The molecule has 0 bridgehead atoms. The summed E-state index contributed by atoms with van der Waals surface area (Å²) in [6.45, 7) is 5.17. The lowest BCUT2D eigenvalue weighted by atomic mass is 10.3. The zero-order valence-corrected chi connectivity index (χ0v) is 15.0. The van der Waals surface area contributed by atoms with Crippen LogP contribution in [0.2, 0.25) is 0 Å². The van der Waals surface area contributed by atoms with Crippen molar-refractivity contribution in [2.24, 2.45) is 0 Å². The van der Waals surface area contributed by atoms with Gasteiger partial charge in [-0.25, -0.2) is 8.42 Å². The number of aryl methyl sites for hydroxylation is 1. The molecule has 2 rings (SSSR count). The summed E-state index contributed by atoms with van der Waals surface area (Å²) >= 11 is 4.82. The third-order valence-electron chi connectivity index (χ3n) is 2.91. The first kappa shape index (κ1) is 16.5. The Kier molecular flexibility index (Phi) is 5.43. The van der Waals surface area contributed by atoms with Gasteiger partial charge in [0.15, 0.2) is 0 Å². The van der Waals surface area contributed by atoms with Crippen LogP contribution in [0.25, 0.3) is 0 Å². The molecule has 0 saturated heterocycles. The fraction of sp³-hybridized carbons (Fsp3) is 0.286. The maximum atomic E-state index is 12.7. The second-order valence-electron chi connectivity index (χ2n) is 4.54. The molecule has 2 aromatic rings. The minimum absolute atomic E-state index is 0.379. The molecule has 0 atom stereocenters. The predicted octanol–water partition coefficient (Wildman–Crippen LogP) is 3.73. The van der Waals surface area contributed by atoms with Gasteiger partial charge in [0.25, 0.3) is 10.0 Å². The van der Waals surface area contributed by atoms with E-state index in [2.05, 4.69) is 26.0 Å². The standard InChI is InChI=1S/C14H17BrN2O2S2/c1-3-16-8-13-14(10(2)9-20-13)21(18,19)17-12-7-5-4-6-11(12)15/h4-7,9,16-17H,3,8H2,1-2H3. The second-order valence-corrected chi connectivity index (χ2v) is 7.97. The average Bonchev–Trinajstić information content (AvgIpc) is 2.81. The molecule has 1 aromatic carbocycles. The van der Waals surface area contributed by atoms with Crippen molar-refractivity contribution in [1.29, 1.82) is 0 Å². The van der Waals surface area contributed by atoms with Crippen molar-refractivity contribution >= 4 is 43.0 Å². The summed E-state index contributed by atoms with van der Waals surface area (Å²) in [5.74, 6) is 0. The normalized spacial score (nSPS) is 11.6. The minimum atomic E-state index is -3.59. The molecule has 0 unspecified atom stereocenters. The van der Waals surface area contributed by atoms with Gasteiger partial charge < -0.3 is 5.32 Å². The molecule has 2 N–H and O–H groups in total. The van der Waals surface area contributed by atoms with Crippen LogP contribution in [-0.4, -0.2) is 15.0 Å². The molecular weight excluding hydrogens is 372 g/mol. The zero-order valence-electron chi connectivity index (χ0n) is 11.8. The fourth-order valence-corrected chi connectivity index (χ4v) is 5.33. The smallest absolute Gasteiger partial charge is 0.263 e. The summed E-state index contributed by atoms with van der Waals surface area (Å²) in [5, 5.41) is 5.05. The quantitative estimate of drug-likeness (QED) is 0.792. The van der Waals surface area contributed by atoms with Gasteiger partial charge in [0.2, 0.25) is 0 Å². The number of sulfonamides is 1. The molecule has 0 aliphatic heterocycles. The number of nitrogens with one attached hydrogen (secondary N) is 2. The van der Waals surface area contributed by atoms with E-state index >= 15 is 0 Å². The average molecular weight is 389 g/mol. The number of rotatable bonds is 6. The highest BCUT2D eigenvalue weighted by Gasteiger charge is 2.23. The van der Waals surface area contributed by atoms with Gasteiger partial charge in [0, 0.05) is 15.9 Å². The number of thiophene rings is 1. The maximum absolute atomic E-state index is 12.7. The van der Waals surface area contributed by atoms with Crippen LogP contribution in [0.5, 0.6) is 0 Å². The van der Waals surface area contributed by atoms with Crippen molar-refractivity contribution in [3.8, 4) is 0 Å². The summed E-state index contributed by atoms with van der Waals surface area (Å²) in [6.07, 6.45) is 0. The SMILES string of the molecule is CCNCc1scc(C)c1S(=O)(=O)Nc1ccccc1Br. The molecule has 0 fully saturated rings. The summed E-state index contributed by atoms with van der Waals surface area (Å²) in [4.78, 5) is 1.21. The molecule has 0 radical (unpaired) electrons. The monoisotopic (exact) mass is 388 g/mol. The van der Waals surface area contributed by atoms with Crippen molar-refractivity contribution in [2.45, 2.75) is 25.3 Å². The molecule has 0 aliphatic rings. The van der Waals surface area contributed by atoms with Crippen LogP contribution < -0.4 is 10.0 Å². The Morgan fingerprint density at radius 1 is 1.29 bits per heavy atom. The molecule has 0 saturated carbocycles. The third kappa shape index (κ3) is 3.85. The van der Waals surface area contributed by atoms with Gasteiger partial charge in [-0.3, -0.25) is 4.72 Å².